The molecule has 2 aromatic rings. The maximum atomic E-state index is 13.4. The number of amides is 1. The molecule has 0 unspecified atom stereocenters. The van der Waals surface area contributed by atoms with Crippen molar-refractivity contribution in [3.63, 3.8) is 0 Å². The van der Waals surface area contributed by atoms with Crippen molar-refractivity contribution in [2.75, 3.05) is 6.54 Å². The van der Waals surface area contributed by atoms with E-state index < -0.39 is 32.4 Å². The van der Waals surface area contributed by atoms with Gasteiger partial charge in [0.25, 0.3) is 5.91 Å². The summed E-state index contributed by atoms with van der Waals surface area (Å²) in [6.45, 7) is 15.1. The highest BCUT2D eigenvalue weighted by Gasteiger charge is 2.31. The third kappa shape index (κ3) is 8.25. The van der Waals surface area contributed by atoms with Crippen LogP contribution in [0.3, 0.4) is 0 Å². The van der Waals surface area contributed by atoms with E-state index in [-0.39, 0.29) is 17.3 Å². The SMILES string of the molecule is Cn1c(C(=O)NCCC(C)(C)C(=O)O)cc(-c2ccc(S(=O)(=O)NC(C)(C)C)c(C(C)(C)C)c2)c1CC1CCCCC1. The van der Waals surface area contributed by atoms with Crippen LogP contribution in [0.5, 0.6) is 0 Å². The molecule has 3 rings (SSSR count). The minimum absolute atomic E-state index is 0.248. The number of hydrogen-bond donors (Lipinski definition) is 3. The van der Waals surface area contributed by atoms with Crippen molar-refractivity contribution < 1.29 is 23.1 Å². The second-order valence-electron chi connectivity index (χ2n) is 14.7. The Hall–Kier alpha value is -2.65. The van der Waals surface area contributed by atoms with Crippen molar-refractivity contribution in [3.8, 4) is 11.1 Å². The second kappa shape index (κ2) is 12.5. The molecule has 0 atom stereocenters. The van der Waals surface area contributed by atoms with Gasteiger partial charge < -0.3 is 15.0 Å². The lowest BCUT2D eigenvalue weighted by Gasteiger charge is -2.27. The first-order chi connectivity index (χ1) is 19.2. The standard InChI is InChI=1S/C33H51N3O5S/c1-31(2,3)25-20-23(15-16-28(25)42(40,41)35-32(4,5)6)24-21-27(29(37)34-18-17-33(7,8)30(38)39)36(9)26(24)19-22-13-11-10-12-14-22/h15-16,20-22,35H,10-14,17-19H2,1-9H3,(H,34,37)(H,38,39). The Morgan fingerprint density at radius 3 is 2.14 bits per heavy atom. The van der Waals surface area contributed by atoms with Crippen molar-refractivity contribution >= 4 is 21.9 Å². The van der Waals surface area contributed by atoms with E-state index in [1.165, 1.54) is 19.3 Å². The highest BCUT2D eigenvalue weighted by atomic mass is 32.2. The summed E-state index contributed by atoms with van der Waals surface area (Å²) in [7, 11) is -1.86. The van der Waals surface area contributed by atoms with Crippen molar-refractivity contribution in [1.82, 2.24) is 14.6 Å². The van der Waals surface area contributed by atoms with E-state index >= 15 is 0 Å². The van der Waals surface area contributed by atoms with Gasteiger partial charge >= 0.3 is 5.97 Å². The van der Waals surface area contributed by atoms with E-state index in [0.717, 1.165) is 36.1 Å². The fourth-order valence-electron chi connectivity index (χ4n) is 5.68. The van der Waals surface area contributed by atoms with E-state index in [9.17, 15) is 23.1 Å². The third-order valence-corrected chi connectivity index (χ3v) is 10.1. The van der Waals surface area contributed by atoms with Crippen LogP contribution in [0.15, 0.2) is 29.2 Å². The van der Waals surface area contributed by atoms with Crippen LogP contribution in [0.2, 0.25) is 0 Å². The molecule has 1 fully saturated rings. The molecule has 1 amide bonds. The first-order valence-corrected chi connectivity index (χ1v) is 16.6. The molecule has 0 saturated heterocycles. The topological polar surface area (TPSA) is 118 Å². The highest BCUT2D eigenvalue weighted by Crippen LogP contribution is 2.37. The fraction of sp³-hybridized carbons (Fsp3) is 0.636. The maximum absolute atomic E-state index is 13.4. The number of aromatic nitrogens is 1. The lowest BCUT2D eigenvalue weighted by molar-refractivity contribution is -0.147. The largest absolute Gasteiger partial charge is 0.481 e. The number of sulfonamides is 1. The molecular formula is C33H51N3O5S. The summed E-state index contributed by atoms with van der Waals surface area (Å²) in [5.74, 6) is -0.624. The van der Waals surface area contributed by atoms with Gasteiger partial charge in [-0.05, 0) is 88.1 Å². The molecule has 0 spiro atoms. The molecule has 0 aliphatic heterocycles. The normalized spacial score (nSPS) is 15.5. The summed E-state index contributed by atoms with van der Waals surface area (Å²) in [6, 6.07) is 7.41. The molecule has 8 nitrogen and oxygen atoms in total. The zero-order valence-electron chi connectivity index (χ0n) is 27.0. The summed E-state index contributed by atoms with van der Waals surface area (Å²) >= 11 is 0. The lowest BCUT2D eigenvalue weighted by Crippen LogP contribution is -2.41. The minimum atomic E-state index is -3.77. The Labute approximate surface area is 252 Å². The van der Waals surface area contributed by atoms with Gasteiger partial charge in [0.2, 0.25) is 10.0 Å². The first-order valence-electron chi connectivity index (χ1n) is 15.1. The van der Waals surface area contributed by atoms with Gasteiger partial charge in [-0.2, -0.15) is 0 Å². The second-order valence-corrected chi connectivity index (χ2v) is 16.3. The van der Waals surface area contributed by atoms with E-state index in [1.54, 1.807) is 19.9 Å². The molecule has 1 aliphatic rings. The number of carbonyl (C=O) groups is 2. The van der Waals surface area contributed by atoms with Crippen LogP contribution < -0.4 is 10.0 Å². The van der Waals surface area contributed by atoms with Gasteiger partial charge in [0.15, 0.2) is 0 Å². The Balaban J connectivity index is 2.08. The first kappa shape index (κ1) is 33.8. The van der Waals surface area contributed by atoms with Gasteiger partial charge in [-0.1, -0.05) is 58.9 Å². The smallest absolute Gasteiger partial charge is 0.309 e. The van der Waals surface area contributed by atoms with Crippen LogP contribution in [-0.4, -0.2) is 42.1 Å². The van der Waals surface area contributed by atoms with Gasteiger partial charge in [-0.15, -0.1) is 0 Å². The summed E-state index contributed by atoms with van der Waals surface area (Å²) < 4.78 is 31.7. The zero-order valence-corrected chi connectivity index (χ0v) is 27.8. The quantitative estimate of drug-likeness (QED) is 0.291. The van der Waals surface area contributed by atoms with Crippen LogP contribution >= 0.6 is 0 Å². The van der Waals surface area contributed by atoms with Gasteiger partial charge in [0.1, 0.15) is 5.69 Å². The highest BCUT2D eigenvalue weighted by molar-refractivity contribution is 7.89. The van der Waals surface area contributed by atoms with E-state index in [4.69, 9.17) is 0 Å². The van der Waals surface area contributed by atoms with Crippen molar-refractivity contribution in [3.05, 3.63) is 41.2 Å². The van der Waals surface area contributed by atoms with Crippen LogP contribution in [0.4, 0.5) is 0 Å². The molecule has 1 aromatic carbocycles. The molecule has 1 aliphatic carbocycles. The Morgan fingerprint density at radius 1 is 0.976 bits per heavy atom. The Morgan fingerprint density at radius 2 is 1.60 bits per heavy atom. The number of hydrogen-bond acceptors (Lipinski definition) is 4. The molecule has 0 bridgehead atoms. The van der Waals surface area contributed by atoms with Crippen LogP contribution in [-0.2, 0) is 33.7 Å². The average Bonchev–Trinajstić information content (AvgIpc) is 3.18. The zero-order chi connectivity index (χ0) is 31.7. The molecular weight excluding hydrogens is 550 g/mol. The monoisotopic (exact) mass is 601 g/mol. The number of aliphatic carboxylic acids is 1. The molecule has 1 heterocycles. The van der Waals surface area contributed by atoms with E-state index in [2.05, 4.69) is 10.0 Å². The maximum Gasteiger partial charge on any atom is 0.309 e. The molecule has 1 aromatic heterocycles. The molecule has 3 N–H and O–H groups in total. The van der Waals surface area contributed by atoms with Crippen molar-refractivity contribution in [2.45, 2.75) is 116 Å². The number of carbonyl (C=O) groups excluding carboxylic acids is 1. The van der Waals surface area contributed by atoms with Crippen LogP contribution in [0.1, 0.15) is 116 Å². The van der Waals surface area contributed by atoms with Gasteiger partial charge in [0.05, 0.1) is 10.3 Å². The minimum Gasteiger partial charge on any atom is -0.481 e. The Kier molecular flexibility index (Phi) is 10.1. The molecule has 1 saturated carbocycles. The van der Waals surface area contributed by atoms with Gasteiger partial charge in [-0.25, -0.2) is 13.1 Å². The molecule has 0 radical (unpaired) electrons. The Bertz CT molecular complexity index is 1400. The van der Waals surface area contributed by atoms with Crippen molar-refractivity contribution in [1.29, 1.82) is 0 Å². The number of nitrogens with zero attached hydrogens (tertiary/aromatic N) is 1. The molecule has 9 heteroatoms. The molecule has 42 heavy (non-hydrogen) atoms. The van der Waals surface area contributed by atoms with Gasteiger partial charge in [-0.3, -0.25) is 9.59 Å². The summed E-state index contributed by atoms with van der Waals surface area (Å²) in [5, 5.41) is 12.4. The average molecular weight is 602 g/mol. The number of benzene rings is 1. The fourth-order valence-corrected chi connectivity index (χ4v) is 7.50. The number of carboxylic acid groups (broad SMARTS) is 1. The number of rotatable bonds is 10. The van der Waals surface area contributed by atoms with Crippen molar-refractivity contribution in [2.24, 2.45) is 18.4 Å². The summed E-state index contributed by atoms with van der Waals surface area (Å²) in [6.07, 6.45) is 7.12. The third-order valence-electron chi connectivity index (χ3n) is 8.24. The van der Waals surface area contributed by atoms with Crippen LogP contribution in [0, 0.1) is 11.3 Å². The summed E-state index contributed by atoms with van der Waals surface area (Å²) in [4.78, 5) is 25.2. The van der Waals surface area contributed by atoms with Gasteiger partial charge in [0, 0.05) is 30.4 Å². The lowest BCUT2D eigenvalue weighted by atomic mass is 9.83. The number of nitrogens with one attached hydrogen (secondary N) is 2. The van der Waals surface area contributed by atoms with E-state index in [0.29, 0.717) is 23.6 Å². The number of carboxylic acids is 1. The molecule has 234 valence electrons. The predicted molar refractivity (Wildman–Crippen MR) is 168 cm³/mol. The van der Waals surface area contributed by atoms with Crippen LogP contribution in [0.25, 0.3) is 11.1 Å². The van der Waals surface area contributed by atoms with E-state index in [1.807, 2.05) is 71.4 Å². The predicted octanol–water partition coefficient (Wildman–Crippen LogP) is 6.42. The summed E-state index contributed by atoms with van der Waals surface area (Å²) in [5.41, 5.74) is 2.07.